The van der Waals surface area contributed by atoms with Gasteiger partial charge in [0.05, 0.1) is 0 Å². The predicted molar refractivity (Wildman–Crippen MR) is 81.4 cm³/mol. The number of hydrogen-bond acceptors (Lipinski definition) is 1. The molecule has 0 bridgehead atoms. The van der Waals surface area contributed by atoms with Crippen LogP contribution in [-0.4, -0.2) is 5.11 Å². The van der Waals surface area contributed by atoms with Gasteiger partial charge in [-0.05, 0) is 29.4 Å². The number of rotatable bonds is 4. The lowest BCUT2D eigenvalue weighted by Gasteiger charge is -2.17. The molecule has 0 radical (unpaired) electrons. The van der Waals surface area contributed by atoms with Crippen LogP contribution in [0.15, 0.2) is 48.5 Å². The zero-order chi connectivity index (χ0) is 13.8. The lowest BCUT2D eigenvalue weighted by atomic mass is 9.89. The Bertz CT molecular complexity index is 529. The van der Waals surface area contributed by atoms with Gasteiger partial charge in [0.15, 0.2) is 0 Å². The van der Waals surface area contributed by atoms with Gasteiger partial charge in [-0.1, -0.05) is 69.3 Å². The summed E-state index contributed by atoms with van der Waals surface area (Å²) in [6.07, 6.45) is 1.09. The average molecular weight is 254 g/mol. The summed E-state index contributed by atoms with van der Waals surface area (Å²) in [4.78, 5) is 0. The van der Waals surface area contributed by atoms with Crippen LogP contribution in [0.25, 0.3) is 11.1 Å². The van der Waals surface area contributed by atoms with Crippen molar-refractivity contribution in [2.75, 3.05) is 0 Å². The first-order valence-electron chi connectivity index (χ1n) is 6.97. The van der Waals surface area contributed by atoms with E-state index in [1.54, 1.807) is 0 Å². The van der Waals surface area contributed by atoms with Crippen molar-refractivity contribution in [1.82, 2.24) is 0 Å². The lowest BCUT2D eigenvalue weighted by molar-refractivity contribution is 0.451. The van der Waals surface area contributed by atoms with Crippen molar-refractivity contribution >= 4 is 0 Å². The highest BCUT2D eigenvalue weighted by atomic mass is 16.3. The van der Waals surface area contributed by atoms with Crippen molar-refractivity contribution in [2.45, 2.75) is 33.1 Å². The highest BCUT2D eigenvalue weighted by molar-refractivity contribution is 5.71. The zero-order valence-corrected chi connectivity index (χ0v) is 11.9. The highest BCUT2D eigenvalue weighted by Gasteiger charge is 2.15. The summed E-state index contributed by atoms with van der Waals surface area (Å²) >= 11 is 0. The maximum Gasteiger partial charge on any atom is 0.126 e. The number of aromatic hydroxyl groups is 1. The molecule has 0 aromatic heterocycles. The van der Waals surface area contributed by atoms with Gasteiger partial charge >= 0.3 is 0 Å². The van der Waals surface area contributed by atoms with Gasteiger partial charge in [0.25, 0.3) is 0 Å². The average Bonchev–Trinajstić information content (AvgIpc) is 2.39. The maximum absolute atomic E-state index is 10.5. The molecular formula is C18H22O. The SMILES string of the molecule is CC(C)CC(C)c1cccc(-c2ccccc2)c1O. The van der Waals surface area contributed by atoms with E-state index in [0.717, 1.165) is 23.1 Å². The van der Waals surface area contributed by atoms with E-state index in [4.69, 9.17) is 0 Å². The largest absolute Gasteiger partial charge is 0.507 e. The van der Waals surface area contributed by atoms with Crippen LogP contribution < -0.4 is 0 Å². The molecule has 0 aliphatic rings. The molecule has 0 aliphatic carbocycles. The topological polar surface area (TPSA) is 20.2 Å². The van der Waals surface area contributed by atoms with Gasteiger partial charge in [-0.3, -0.25) is 0 Å². The molecule has 1 unspecified atom stereocenters. The van der Waals surface area contributed by atoms with Gasteiger partial charge in [0, 0.05) is 5.56 Å². The number of para-hydroxylation sites is 1. The third-order valence-corrected chi connectivity index (χ3v) is 3.51. The minimum atomic E-state index is 0.378. The molecule has 0 spiro atoms. The Morgan fingerprint density at radius 2 is 1.58 bits per heavy atom. The predicted octanol–water partition coefficient (Wildman–Crippen LogP) is 5.21. The molecule has 1 atom stereocenters. The van der Waals surface area contributed by atoms with Crippen LogP contribution in [0.3, 0.4) is 0 Å². The van der Waals surface area contributed by atoms with Crippen LogP contribution in [0.2, 0.25) is 0 Å². The second kappa shape index (κ2) is 5.92. The van der Waals surface area contributed by atoms with E-state index < -0.39 is 0 Å². The van der Waals surface area contributed by atoms with Crippen molar-refractivity contribution in [3.8, 4) is 16.9 Å². The molecule has 0 amide bonds. The Kier molecular flexibility index (Phi) is 4.26. The Labute approximate surface area is 115 Å². The second-order valence-electron chi connectivity index (χ2n) is 5.64. The third kappa shape index (κ3) is 3.17. The number of phenols is 1. The zero-order valence-electron chi connectivity index (χ0n) is 11.9. The summed E-state index contributed by atoms with van der Waals surface area (Å²) in [6.45, 7) is 6.62. The minimum absolute atomic E-state index is 0.378. The highest BCUT2D eigenvalue weighted by Crippen LogP contribution is 2.37. The fraction of sp³-hybridized carbons (Fsp3) is 0.333. The van der Waals surface area contributed by atoms with Crippen LogP contribution in [0.1, 0.15) is 38.7 Å². The Morgan fingerprint density at radius 3 is 2.21 bits per heavy atom. The summed E-state index contributed by atoms with van der Waals surface area (Å²) < 4.78 is 0. The Hall–Kier alpha value is -1.76. The molecule has 2 aromatic carbocycles. The fourth-order valence-corrected chi connectivity index (χ4v) is 2.64. The molecule has 1 N–H and O–H groups in total. The van der Waals surface area contributed by atoms with Gasteiger partial charge in [0.1, 0.15) is 5.75 Å². The van der Waals surface area contributed by atoms with Crippen molar-refractivity contribution in [3.05, 3.63) is 54.1 Å². The first kappa shape index (κ1) is 13.7. The number of benzene rings is 2. The normalized spacial score (nSPS) is 12.6. The van der Waals surface area contributed by atoms with Crippen LogP contribution >= 0.6 is 0 Å². The molecule has 0 fully saturated rings. The summed E-state index contributed by atoms with van der Waals surface area (Å²) in [5, 5.41) is 10.5. The first-order valence-corrected chi connectivity index (χ1v) is 6.97. The minimum Gasteiger partial charge on any atom is -0.507 e. The number of hydrogen-bond donors (Lipinski definition) is 1. The molecular weight excluding hydrogens is 232 g/mol. The second-order valence-corrected chi connectivity index (χ2v) is 5.64. The Morgan fingerprint density at radius 1 is 0.895 bits per heavy atom. The summed E-state index contributed by atoms with van der Waals surface area (Å²) in [5.41, 5.74) is 3.04. The van der Waals surface area contributed by atoms with Gasteiger partial charge in [0.2, 0.25) is 0 Å². The Balaban J connectivity index is 2.38. The van der Waals surface area contributed by atoms with E-state index in [1.165, 1.54) is 0 Å². The van der Waals surface area contributed by atoms with E-state index in [0.29, 0.717) is 17.6 Å². The maximum atomic E-state index is 10.5. The first-order chi connectivity index (χ1) is 9.09. The van der Waals surface area contributed by atoms with Crippen LogP contribution in [0.5, 0.6) is 5.75 Å². The molecule has 1 heteroatoms. The molecule has 2 aromatic rings. The van der Waals surface area contributed by atoms with E-state index in [2.05, 4.69) is 20.8 Å². The van der Waals surface area contributed by atoms with E-state index in [9.17, 15) is 5.11 Å². The number of phenolic OH excluding ortho intramolecular Hbond substituents is 1. The summed E-state index contributed by atoms with van der Waals surface area (Å²) in [6, 6.07) is 16.1. The lowest BCUT2D eigenvalue weighted by Crippen LogP contribution is -1.99. The monoisotopic (exact) mass is 254 g/mol. The quantitative estimate of drug-likeness (QED) is 0.794. The van der Waals surface area contributed by atoms with Gasteiger partial charge in [-0.15, -0.1) is 0 Å². The smallest absolute Gasteiger partial charge is 0.126 e. The molecule has 19 heavy (non-hydrogen) atoms. The van der Waals surface area contributed by atoms with Gasteiger partial charge in [-0.2, -0.15) is 0 Å². The molecule has 100 valence electrons. The van der Waals surface area contributed by atoms with Crippen molar-refractivity contribution in [3.63, 3.8) is 0 Å². The summed E-state index contributed by atoms with van der Waals surface area (Å²) in [7, 11) is 0. The molecule has 0 aliphatic heterocycles. The van der Waals surface area contributed by atoms with Crippen LogP contribution in [-0.2, 0) is 0 Å². The summed E-state index contributed by atoms with van der Waals surface area (Å²) in [5.74, 6) is 1.44. The van der Waals surface area contributed by atoms with E-state index in [1.807, 2.05) is 48.5 Å². The van der Waals surface area contributed by atoms with Crippen molar-refractivity contribution in [2.24, 2.45) is 5.92 Å². The van der Waals surface area contributed by atoms with Crippen LogP contribution in [0.4, 0.5) is 0 Å². The molecule has 0 heterocycles. The van der Waals surface area contributed by atoms with E-state index >= 15 is 0 Å². The van der Waals surface area contributed by atoms with Crippen LogP contribution in [0, 0.1) is 5.92 Å². The van der Waals surface area contributed by atoms with Crippen molar-refractivity contribution in [1.29, 1.82) is 0 Å². The molecule has 0 saturated carbocycles. The molecule has 2 rings (SSSR count). The molecule has 1 nitrogen and oxygen atoms in total. The van der Waals surface area contributed by atoms with Gasteiger partial charge in [-0.25, -0.2) is 0 Å². The van der Waals surface area contributed by atoms with E-state index in [-0.39, 0.29) is 0 Å². The fourth-order valence-electron chi connectivity index (χ4n) is 2.64. The van der Waals surface area contributed by atoms with Crippen molar-refractivity contribution < 1.29 is 5.11 Å². The molecule has 0 saturated heterocycles. The standard InChI is InChI=1S/C18H22O/c1-13(2)12-14(3)16-10-7-11-17(18(16)19)15-8-5-4-6-9-15/h4-11,13-14,19H,12H2,1-3H3. The third-order valence-electron chi connectivity index (χ3n) is 3.51. The van der Waals surface area contributed by atoms with Gasteiger partial charge < -0.3 is 5.11 Å².